The molecule has 8 heteroatoms. The van der Waals surface area contributed by atoms with Crippen LogP contribution >= 0.6 is 34.4 Å². The summed E-state index contributed by atoms with van der Waals surface area (Å²) in [6.07, 6.45) is -0.122. The monoisotopic (exact) mass is 415 g/mol. The van der Waals surface area contributed by atoms with Crippen molar-refractivity contribution in [1.29, 1.82) is 5.26 Å². The van der Waals surface area contributed by atoms with Gasteiger partial charge in [0.1, 0.15) is 6.07 Å². The van der Waals surface area contributed by atoms with Gasteiger partial charge in [-0.2, -0.15) is 18.4 Å². The van der Waals surface area contributed by atoms with E-state index in [1.54, 1.807) is 35.6 Å². The Balaban J connectivity index is 3.15. The number of hydrogen-bond donors (Lipinski definition) is 0. The fraction of sp³-hybridized carbons (Fsp3) is 0.333. The van der Waals surface area contributed by atoms with E-state index in [2.05, 4.69) is 0 Å². The highest BCUT2D eigenvalue weighted by Crippen LogP contribution is 2.41. The maximum absolute atomic E-state index is 12.5. The van der Waals surface area contributed by atoms with Gasteiger partial charge in [-0.05, 0) is 52.9 Å². The van der Waals surface area contributed by atoms with Crippen LogP contribution in [-0.4, -0.2) is 18.1 Å². The first-order valence-corrected chi connectivity index (χ1v) is 7.30. The van der Waals surface area contributed by atoms with Gasteiger partial charge in [-0.3, -0.25) is 4.79 Å². The minimum absolute atomic E-state index is 0.0654. The van der Waals surface area contributed by atoms with Gasteiger partial charge in [0.05, 0.1) is 18.6 Å². The fourth-order valence-electron chi connectivity index (χ4n) is 1.40. The molecule has 1 aromatic rings. The second kappa shape index (κ2) is 7.17. The zero-order valence-electron chi connectivity index (χ0n) is 10.3. The van der Waals surface area contributed by atoms with Crippen LogP contribution in [0.25, 0.3) is 0 Å². The van der Waals surface area contributed by atoms with Crippen LogP contribution in [0.1, 0.15) is 18.1 Å². The van der Waals surface area contributed by atoms with Crippen LogP contribution in [0.4, 0.5) is 13.2 Å². The summed E-state index contributed by atoms with van der Waals surface area (Å²) < 4.78 is 42.5. The Morgan fingerprint density at radius 1 is 1.50 bits per heavy atom. The molecule has 20 heavy (non-hydrogen) atoms. The van der Waals surface area contributed by atoms with Gasteiger partial charge in [-0.15, -0.1) is 0 Å². The first kappa shape index (κ1) is 17.1. The van der Waals surface area contributed by atoms with Crippen LogP contribution in [0, 0.1) is 14.9 Å². The standard InChI is InChI=1S/C12H9F3INO2S/c1-2-19-9(18)5-7-3-4-8(6-17)11(10(7)16)20-12(13,14)15/h3-4H,2,5H2,1H3. The van der Waals surface area contributed by atoms with Crippen molar-refractivity contribution < 1.29 is 22.7 Å². The molecule has 0 aromatic heterocycles. The topological polar surface area (TPSA) is 50.1 Å². The molecule has 0 aliphatic heterocycles. The van der Waals surface area contributed by atoms with E-state index >= 15 is 0 Å². The molecule has 0 heterocycles. The SMILES string of the molecule is CCOC(=O)Cc1ccc(C#N)c(SC(F)(F)F)c1I. The summed E-state index contributed by atoms with van der Waals surface area (Å²) in [7, 11) is 0. The smallest absolute Gasteiger partial charge is 0.446 e. The summed E-state index contributed by atoms with van der Waals surface area (Å²) >= 11 is 1.36. The van der Waals surface area contributed by atoms with Crippen molar-refractivity contribution in [2.24, 2.45) is 0 Å². The zero-order valence-corrected chi connectivity index (χ0v) is 13.2. The van der Waals surface area contributed by atoms with Crippen LogP contribution in [0.2, 0.25) is 0 Å². The van der Waals surface area contributed by atoms with Crippen molar-refractivity contribution in [2.45, 2.75) is 23.7 Å². The van der Waals surface area contributed by atoms with E-state index in [1.165, 1.54) is 12.1 Å². The summed E-state index contributed by atoms with van der Waals surface area (Å²) in [5.41, 5.74) is -4.15. The predicted octanol–water partition coefficient (Wildman–Crippen LogP) is 3.88. The van der Waals surface area contributed by atoms with Gasteiger partial charge in [0.15, 0.2) is 0 Å². The number of ether oxygens (including phenoxy) is 1. The van der Waals surface area contributed by atoms with E-state index in [1.807, 2.05) is 0 Å². The molecule has 108 valence electrons. The summed E-state index contributed by atoms with van der Waals surface area (Å²) in [4.78, 5) is 11.2. The third kappa shape index (κ3) is 4.86. The Bertz CT molecular complexity index is 555. The largest absolute Gasteiger partial charge is 0.466 e. The lowest BCUT2D eigenvalue weighted by Crippen LogP contribution is -2.10. The Hall–Kier alpha value is -0.950. The summed E-state index contributed by atoms with van der Waals surface area (Å²) in [6, 6.07) is 4.48. The summed E-state index contributed by atoms with van der Waals surface area (Å²) in [5.74, 6) is -0.516. The second-order valence-electron chi connectivity index (χ2n) is 3.56. The molecule has 0 radical (unpaired) electrons. The summed E-state index contributed by atoms with van der Waals surface area (Å²) in [5, 5.41) is 8.87. The Kier molecular flexibility index (Phi) is 6.13. The molecule has 0 aliphatic carbocycles. The quantitative estimate of drug-likeness (QED) is 0.426. The van der Waals surface area contributed by atoms with E-state index < -0.39 is 11.5 Å². The molecule has 0 atom stereocenters. The molecular formula is C12H9F3INO2S. The zero-order chi connectivity index (χ0) is 15.3. The highest BCUT2D eigenvalue weighted by molar-refractivity contribution is 14.1. The first-order chi connectivity index (χ1) is 9.28. The number of carbonyl (C=O) groups is 1. The number of carbonyl (C=O) groups excluding carboxylic acids is 1. The molecule has 0 saturated carbocycles. The van der Waals surface area contributed by atoms with E-state index in [0.29, 0.717) is 5.56 Å². The molecule has 3 nitrogen and oxygen atoms in total. The van der Waals surface area contributed by atoms with Crippen molar-refractivity contribution >= 4 is 40.3 Å². The number of alkyl halides is 3. The molecule has 0 aliphatic rings. The number of nitrogens with zero attached hydrogens (tertiary/aromatic N) is 1. The normalized spacial score (nSPS) is 11.0. The number of nitriles is 1. The number of rotatable bonds is 4. The van der Waals surface area contributed by atoms with E-state index in [4.69, 9.17) is 10.00 Å². The maximum Gasteiger partial charge on any atom is 0.446 e. The second-order valence-corrected chi connectivity index (χ2v) is 5.71. The van der Waals surface area contributed by atoms with Crippen LogP contribution in [0.5, 0.6) is 0 Å². The predicted molar refractivity (Wildman–Crippen MR) is 76.1 cm³/mol. The molecular weight excluding hydrogens is 406 g/mol. The number of esters is 1. The van der Waals surface area contributed by atoms with E-state index in [9.17, 15) is 18.0 Å². The lowest BCUT2D eigenvalue weighted by Gasteiger charge is -2.12. The molecule has 0 fully saturated rings. The molecule has 0 amide bonds. The highest BCUT2D eigenvalue weighted by Gasteiger charge is 2.32. The van der Waals surface area contributed by atoms with Crippen molar-refractivity contribution in [3.63, 3.8) is 0 Å². The highest BCUT2D eigenvalue weighted by atomic mass is 127. The minimum atomic E-state index is -4.49. The molecule has 0 bridgehead atoms. The Morgan fingerprint density at radius 3 is 2.65 bits per heavy atom. The Labute approximate surface area is 131 Å². The van der Waals surface area contributed by atoms with Gasteiger partial charge in [0.25, 0.3) is 0 Å². The van der Waals surface area contributed by atoms with Gasteiger partial charge < -0.3 is 4.74 Å². The van der Waals surface area contributed by atoms with Crippen LogP contribution < -0.4 is 0 Å². The van der Waals surface area contributed by atoms with Gasteiger partial charge in [0.2, 0.25) is 0 Å². The van der Waals surface area contributed by atoms with Crippen molar-refractivity contribution in [1.82, 2.24) is 0 Å². The van der Waals surface area contributed by atoms with Crippen LogP contribution in [0.15, 0.2) is 17.0 Å². The van der Waals surface area contributed by atoms with Crippen molar-refractivity contribution in [2.75, 3.05) is 6.61 Å². The third-order valence-electron chi connectivity index (χ3n) is 2.16. The van der Waals surface area contributed by atoms with Gasteiger partial charge >= 0.3 is 11.5 Å². The lowest BCUT2D eigenvalue weighted by molar-refractivity contribution is -0.142. The first-order valence-electron chi connectivity index (χ1n) is 5.41. The Morgan fingerprint density at radius 2 is 2.15 bits per heavy atom. The molecule has 0 spiro atoms. The van der Waals surface area contributed by atoms with Gasteiger partial charge in [-0.1, -0.05) is 6.07 Å². The van der Waals surface area contributed by atoms with Crippen molar-refractivity contribution in [3.8, 4) is 6.07 Å². The molecule has 0 unspecified atom stereocenters. The van der Waals surface area contributed by atoms with Crippen LogP contribution in [-0.2, 0) is 16.0 Å². The van der Waals surface area contributed by atoms with E-state index in [-0.39, 0.29) is 38.8 Å². The molecule has 0 N–H and O–H groups in total. The number of halogens is 4. The van der Waals surface area contributed by atoms with Crippen LogP contribution in [0.3, 0.4) is 0 Å². The molecule has 1 aromatic carbocycles. The van der Waals surface area contributed by atoms with Gasteiger partial charge in [-0.25, -0.2) is 0 Å². The van der Waals surface area contributed by atoms with E-state index in [0.717, 1.165) is 0 Å². The lowest BCUT2D eigenvalue weighted by atomic mass is 10.1. The molecule has 0 saturated heterocycles. The number of benzene rings is 1. The summed E-state index contributed by atoms with van der Waals surface area (Å²) in [6.45, 7) is 1.85. The average Bonchev–Trinajstić information content (AvgIpc) is 2.33. The molecule has 1 rings (SSSR count). The number of hydrogen-bond acceptors (Lipinski definition) is 4. The van der Waals surface area contributed by atoms with Crippen molar-refractivity contribution in [3.05, 3.63) is 26.8 Å². The third-order valence-corrected chi connectivity index (χ3v) is 4.61. The average molecular weight is 415 g/mol. The van der Waals surface area contributed by atoms with Gasteiger partial charge in [0, 0.05) is 8.47 Å². The minimum Gasteiger partial charge on any atom is -0.466 e. The maximum atomic E-state index is 12.5. The fourth-order valence-corrected chi connectivity index (χ4v) is 3.07. The number of thioether (sulfide) groups is 1.